The molecule has 1 aromatic heterocycles. The van der Waals surface area contributed by atoms with Crippen LogP contribution in [-0.4, -0.2) is 25.9 Å². The average molecular weight is 316 g/mol. The highest BCUT2D eigenvalue weighted by molar-refractivity contribution is 7.84. The monoisotopic (exact) mass is 315 g/mol. The number of halogens is 1. The lowest BCUT2D eigenvalue weighted by atomic mass is 10.2. The number of benzene rings is 1. The zero-order valence-corrected chi connectivity index (χ0v) is 13.8. The third kappa shape index (κ3) is 4.33. The van der Waals surface area contributed by atoms with E-state index < -0.39 is 10.8 Å². The smallest absolute Gasteiger partial charge is 0.0833 e. The predicted molar refractivity (Wildman–Crippen MR) is 87.8 cm³/mol. The Morgan fingerprint density at radius 3 is 2.60 bits per heavy atom. The van der Waals surface area contributed by atoms with Gasteiger partial charge in [0.1, 0.15) is 0 Å². The van der Waals surface area contributed by atoms with Crippen molar-refractivity contribution in [3.05, 3.63) is 35.0 Å². The zero-order valence-electron chi connectivity index (χ0n) is 12.2. The zero-order chi connectivity index (χ0) is 15.1. The van der Waals surface area contributed by atoms with Gasteiger partial charge in [0.25, 0.3) is 0 Å². The third-order valence-corrected chi connectivity index (χ3v) is 4.02. The molecule has 0 spiro atoms. The second-order valence-corrected chi connectivity index (χ2v) is 6.27. The fraction of sp³-hybridized carbons (Fsp3) is 0.467. The second-order valence-electron chi connectivity index (χ2n) is 4.28. The molecule has 1 atom stereocenters. The summed E-state index contributed by atoms with van der Waals surface area (Å²) in [6, 6.07) is 7.65. The van der Waals surface area contributed by atoms with E-state index in [1.54, 1.807) is 6.26 Å². The molecule has 20 heavy (non-hydrogen) atoms. The quantitative estimate of drug-likeness (QED) is 0.916. The van der Waals surface area contributed by atoms with Crippen molar-refractivity contribution in [1.82, 2.24) is 4.57 Å². The first-order chi connectivity index (χ1) is 9.61. The van der Waals surface area contributed by atoms with Gasteiger partial charge in [-0.05, 0) is 30.7 Å². The van der Waals surface area contributed by atoms with E-state index in [0.717, 1.165) is 29.6 Å². The van der Waals surface area contributed by atoms with Gasteiger partial charge in [0.2, 0.25) is 0 Å². The summed E-state index contributed by atoms with van der Waals surface area (Å²) in [5.41, 5.74) is 1.93. The van der Waals surface area contributed by atoms with Crippen molar-refractivity contribution in [1.29, 1.82) is 0 Å². The minimum Gasteiger partial charge on any atom is -0.390 e. The lowest BCUT2D eigenvalue weighted by Gasteiger charge is -2.08. The maximum absolute atomic E-state index is 11.1. The van der Waals surface area contributed by atoms with Gasteiger partial charge in [-0.2, -0.15) is 0 Å². The first-order valence-electron chi connectivity index (χ1n) is 6.80. The lowest BCUT2D eigenvalue weighted by Crippen LogP contribution is -2.06. The van der Waals surface area contributed by atoms with Crippen molar-refractivity contribution < 1.29 is 9.32 Å². The van der Waals surface area contributed by atoms with Gasteiger partial charge in [-0.25, -0.2) is 0 Å². The number of fused-ring (bicyclic) bond motifs is 1. The van der Waals surface area contributed by atoms with Gasteiger partial charge in [-0.15, -0.1) is 0 Å². The molecular formula is C15H22ClNO2S. The SMILES string of the molecule is CC.CS(=O)CCCn1c(CO)cc2cc(Cl)ccc21. The predicted octanol–water partition coefficient (Wildman–Crippen LogP) is 3.58. The van der Waals surface area contributed by atoms with Gasteiger partial charge in [0.15, 0.2) is 0 Å². The molecule has 1 aromatic carbocycles. The number of aliphatic hydroxyl groups excluding tert-OH is 1. The van der Waals surface area contributed by atoms with Crippen LogP contribution < -0.4 is 0 Å². The first-order valence-corrected chi connectivity index (χ1v) is 8.91. The van der Waals surface area contributed by atoms with Gasteiger partial charge in [0.05, 0.1) is 6.61 Å². The van der Waals surface area contributed by atoms with Crippen molar-refractivity contribution in [3.63, 3.8) is 0 Å². The fourth-order valence-corrected chi connectivity index (χ4v) is 2.84. The molecular weight excluding hydrogens is 294 g/mol. The topological polar surface area (TPSA) is 42.2 Å². The van der Waals surface area contributed by atoms with Crippen LogP contribution in [0.5, 0.6) is 0 Å². The Hall–Kier alpha value is -0.840. The molecule has 5 heteroatoms. The molecule has 2 rings (SSSR count). The first kappa shape index (κ1) is 17.2. The Balaban J connectivity index is 0.000000956. The third-order valence-electron chi connectivity index (χ3n) is 2.92. The molecule has 0 saturated heterocycles. The molecule has 0 radical (unpaired) electrons. The van der Waals surface area contributed by atoms with Gasteiger partial charge >= 0.3 is 0 Å². The number of nitrogens with zero attached hydrogens (tertiary/aromatic N) is 1. The molecule has 2 aromatic rings. The van der Waals surface area contributed by atoms with Crippen molar-refractivity contribution in [2.24, 2.45) is 0 Å². The minimum atomic E-state index is -0.770. The van der Waals surface area contributed by atoms with E-state index >= 15 is 0 Å². The highest BCUT2D eigenvalue weighted by Gasteiger charge is 2.08. The summed E-state index contributed by atoms with van der Waals surface area (Å²) in [6.45, 7) is 4.77. The molecule has 0 aliphatic heterocycles. The highest BCUT2D eigenvalue weighted by atomic mass is 35.5. The molecule has 3 nitrogen and oxygen atoms in total. The van der Waals surface area contributed by atoms with Crippen LogP contribution in [0.25, 0.3) is 10.9 Å². The number of hydrogen-bond acceptors (Lipinski definition) is 2. The molecule has 1 unspecified atom stereocenters. The van der Waals surface area contributed by atoms with E-state index in [1.807, 2.05) is 38.1 Å². The minimum absolute atomic E-state index is 0.00150. The summed E-state index contributed by atoms with van der Waals surface area (Å²) in [4.78, 5) is 0. The molecule has 0 bridgehead atoms. The van der Waals surface area contributed by atoms with E-state index in [9.17, 15) is 9.32 Å². The van der Waals surface area contributed by atoms with Crippen molar-refractivity contribution >= 4 is 33.3 Å². The summed E-state index contributed by atoms with van der Waals surface area (Å²) in [6.07, 6.45) is 2.54. The summed E-state index contributed by atoms with van der Waals surface area (Å²) < 4.78 is 13.1. The van der Waals surface area contributed by atoms with Crippen LogP contribution in [0.1, 0.15) is 26.0 Å². The summed E-state index contributed by atoms with van der Waals surface area (Å²) >= 11 is 5.96. The molecule has 0 amide bonds. The van der Waals surface area contributed by atoms with Gasteiger partial charge in [0, 0.05) is 51.0 Å². The summed E-state index contributed by atoms with van der Waals surface area (Å²) in [5.74, 6) is 0.679. The molecule has 0 aliphatic carbocycles. The summed E-state index contributed by atoms with van der Waals surface area (Å²) in [7, 11) is -0.770. The molecule has 1 N–H and O–H groups in total. The van der Waals surface area contributed by atoms with Crippen LogP contribution >= 0.6 is 11.6 Å². The Morgan fingerprint density at radius 1 is 1.30 bits per heavy atom. The molecule has 1 heterocycles. The van der Waals surface area contributed by atoms with E-state index in [2.05, 4.69) is 4.57 Å². The van der Waals surface area contributed by atoms with Crippen LogP contribution in [0.2, 0.25) is 5.02 Å². The number of rotatable bonds is 5. The molecule has 0 saturated carbocycles. The van der Waals surface area contributed by atoms with E-state index in [-0.39, 0.29) is 6.61 Å². The second kappa shape index (κ2) is 8.45. The van der Waals surface area contributed by atoms with Gasteiger partial charge < -0.3 is 9.67 Å². The Labute approximate surface area is 128 Å². The molecule has 0 fully saturated rings. The van der Waals surface area contributed by atoms with Crippen LogP contribution in [0.4, 0.5) is 0 Å². The largest absolute Gasteiger partial charge is 0.390 e. The van der Waals surface area contributed by atoms with Crippen LogP contribution in [0, 0.1) is 0 Å². The Bertz CT molecular complexity index is 581. The number of hydrogen-bond donors (Lipinski definition) is 1. The fourth-order valence-electron chi connectivity index (χ4n) is 2.12. The van der Waals surface area contributed by atoms with Crippen LogP contribution in [0.15, 0.2) is 24.3 Å². The molecule has 112 valence electrons. The van der Waals surface area contributed by atoms with Crippen molar-refractivity contribution in [2.45, 2.75) is 33.4 Å². The number of aliphatic hydroxyl groups is 1. The van der Waals surface area contributed by atoms with Crippen LogP contribution in [-0.2, 0) is 24.0 Å². The van der Waals surface area contributed by atoms with Crippen molar-refractivity contribution in [2.75, 3.05) is 12.0 Å². The maximum atomic E-state index is 11.1. The van der Waals surface area contributed by atoms with Gasteiger partial charge in [-0.3, -0.25) is 4.21 Å². The van der Waals surface area contributed by atoms with E-state index in [4.69, 9.17) is 11.6 Å². The van der Waals surface area contributed by atoms with Crippen LogP contribution in [0.3, 0.4) is 0 Å². The number of aromatic nitrogens is 1. The van der Waals surface area contributed by atoms with Gasteiger partial charge in [-0.1, -0.05) is 25.4 Å². The highest BCUT2D eigenvalue weighted by Crippen LogP contribution is 2.24. The van der Waals surface area contributed by atoms with E-state index in [0.29, 0.717) is 10.8 Å². The lowest BCUT2D eigenvalue weighted by molar-refractivity contribution is 0.271. The number of aryl methyl sites for hydroxylation is 1. The van der Waals surface area contributed by atoms with Crippen molar-refractivity contribution in [3.8, 4) is 0 Å². The standard InChI is InChI=1S/C13H16ClNO2S.C2H6/c1-18(17)6-2-5-15-12(9-16)8-10-7-11(14)3-4-13(10)15;1-2/h3-4,7-8,16H,2,5-6,9H2,1H3;1-2H3. The maximum Gasteiger partial charge on any atom is 0.0833 e. The molecule has 0 aliphatic rings. The Kier molecular flexibility index (Phi) is 7.27. The average Bonchev–Trinajstić information content (AvgIpc) is 2.78. The normalized spacial score (nSPS) is 12.1. The summed E-state index contributed by atoms with van der Waals surface area (Å²) in [5, 5.41) is 11.1. The van der Waals surface area contributed by atoms with E-state index in [1.165, 1.54) is 0 Å². The Morgan fingerprint density at radius 2 is 2.00 bits per heavy atom.